The van der Waals surface area contributed by atoms with E-state index in [-0.39, 0.29) is 0 Å². The molecular formula is C22H22N2O. The molecule has 4 rings (SSSR count). The minimum absolute atomic E-state index is 0.692. The number of hydrogen-bond donors (Lipinski definition) is 0. The first-order valence-electron chi connectivity index (χ1n) is 8.65. The summed E-state index contributed by atoms with van der Waals surface area (Å²) in [5, 5.41) is 4.81. The summed E-state index contributed by atoms with van der Waals surface area (Å²) >= 11 is 0. The predicted octanol–water partition coefficient (Wildman–Crippen LogP) is 4.70. The van der Waals surface area contributed by atoms with Gasteiger partial charge < -0.3 is 0 Å². The molecule has 1 aromatic heterocycles. The third-order valence-corrected chi connectivity index (χ3v) is 5.87. The molecule has 0 saturated heterocycles. The Bertz CT molecular complexity index is 1020. The topological polar surface area (TPSA) is 34.9 Å². The van der Waals surface area contributed by atoms with Crippen LogP contribution in [0.1, 0.15) is 43.7 Å². The lowest BCUT2D eigenvalue weighted by molar-refractivity contribution is 0.112. The molecule has 0 saturated carbocycles. The highest BCUT2D eigenvalue weighted by molar-refractivity contribution is 5.86. The van der Waals surface area contributed by atoms with Gasteiger partial charge in [0.15, 0.2) is 0 Å². The van der Waals surface area contributed by atoms with Crippen molar-refractivity contribution in [1.82, 2.24) is 9.78 Å². The number of nitrogens with zero attached hydrogens (tertiary/aromatic N) is 2. The molecule has 0 bridgehead atoms. The number of fused-ring (bicyclic) bond motifs is 3. The normalized spacial score (nSPS) is 12.2. The molecule has 25 heavy (non-hydrogen) atoms. The number of rotatable bonds is 2. The molecule has 3 aromatic rings. The maximum atomic E-state index is 10.9. The van der Waals surface area contributed by atoms with Crippen LogP contribution in [0.2, 0.25) is 0 Å². The van der Waals surface area contributed by atoms with Crippen LogP contribution in [0.5, 0.6) is 0 Å². The molecule has 1 aliphatic carbocycles. The smallest absolute Gasteiger partial charge is 0.150 e. The number of carbonyl (C=O) groups excluding carboxylic acids is 1. The van der Waals surface area contributed by atoms with Crippen LogP contribution in [0.15, 0.2) is 24.3 Å². The first-order valence-corrected chi connectivity index (χ1v) is 8.65. The van der Waals surface area contributed by atoms with Crippen LogP contribution in [-0.2, 0) is 13.5 Å². The van der Waals surface area contributed by atoms with Crippen molar-refractivity contribution in [2.45, 2.75) is 34.1 Å². The van der Waals surface area contributed by atoms with E-state index in [2.05, 4.69) is 27.7 Å². The molecule has 0 spiro atoms. The van der Waals surface area contributed by atoms with Crippen LogP contribution in [0, 0.1) is 27.7 Å². The van der Waals surface area contributed by atoms with Crippen molar-refractivity contribution in [3.63, 3.8) is 0 Å². The summed E-state index contributed by atoms with van der Waals surface area (Å²) in [7, 11) is 2.03. The molecule has 3 nitrogen and oxygen atoms in total. The molecule has 0 N–H and O–H groups in total. The van der Waals surface area contributed by atoms with Gasteiger partial charge in [0.25, 0.3) is 0 Å². The van der Waals surface area contributed by atoms with Crippen LogP contribution < -0.4 is 0 Å². The van der Waals surface area contributed by atoms with E-state index in [1.807, 2.05) is 36.0 Å². The lowest BCUT2D eigenvalue weighted by Gasteiger charge is -2.16. The summed E-state index contributed by atoms with van der Waals surface area (Å²) < 4.78 is 2.02. The van der Waals surface area contributed by atoms with E-state index in [0.29, 0.717) is 5.56 Å². The number of aldehydes is 1. The summed E-state index contributed by atoms with van der Waals surface area (Å²) in [6.45, 7) is 8.89. The van der Waals surface area contributed by atoms with Crippen molar-refractivity contribution >= 4 is 6.29 Å². The Kier molecular flexibility index (Phi) is 3.43. The highest BCUT2D eigenvalue weighted by atomic mass is 16.1. The molecule has 0 radical (unpaired) electrons. The van der Waals surface area contributed by atoms with Gasteiger partial charge in [-0.05, 0) is 55.5 Å². The van der Waals surface area contributed by atoms with E-state index >= 15 is 0 Å². The molecule has 1 heterocycles. The highest BCUT2D eigenvalue weighted by Gasteiger charge is 2.31. The van der Waals surface area contributed by atoms with E-state index in [4.69, 9.17) is 5.10 Å². The first-order chi connectivity index (χ1) is 11.9. The van der Waals surface area contributed by atoms with Gasteiger partial charge >= 0.3 is 0 Å². The van der Waals surface area contributed by atoms with Gasteiger partial charge in [0.2, 0.25) is 0 Å². The Hall–Kier alpha value is -2.68. The van der Waals surface area contributed by atoms with E-state index in [0.717, 1.165) is 24.0 Å². The minimum Gasteiger partial charge on any atom is -0.298 e. The van der Waals surface area contributed by atoms with Gasteiger partial charge in [-0.15, -0.1) is 0 Å². The molecule has 0 unspecified atom stereocenters. The number of aryl methyl sites for hydroxylation is 1. The Balaban J connectivity index is 1.95. The van der Waals surface area contributed by atoms with Gasteiger partial charge in [-0.25, -0.2) is 0 Å². The maximum Gasteiger partial charge on any atom is 0.150 e. The average Bonchev–Trinajstić information content (AvgIpc) is 3.16. The minimum atomic E-state index is 0.692. The lowest BCUT2D eigenvalue weighted by atomic mass is 9.90. The number of aromatic nitrogens is 2. The van der Waals surface area contributed by atoms with Crippen molar-refractivity contribution < 1.29 is 4.79 Å². The Labute approximate surface area is 148 Å². The van der Waals surface area contributed by atoms with Gasteiger partial charge in [0.1, 0.15) is 6.29 Å². The molecule has 3 heteroatoms. The molecule has 126 valence electrons. The molecule has 2 aromatic carbocycles. The number of benzene rings is 2. The fourth-order valence-electron chi connectivity index (χ4n) is 4.11. The van der Waals surface area contributed by atoms with Gasteiger partial charge in [0.05, 0.1) is 11.4 Å². The van der Waals surface area contributed by atoms with Crippen LogP contribution >= 0.6 is 0 Å². The summed E-state index contributed by atoms with van der Waals surface area (Å²) in [5.41, 5.74) is 13.7. The van der Waals surface area contributed by atoms with Gasteiger partial charge in [0, 0.05) is 35.7 Å². The maximum absolute atomic E-state index is 10.9. The number of hydrogen-bond acceptors (Lipinski definition) is 2. The van der Waals surface area contributed by atoms with Gasteiger partial charge in [-0.2, -0.15) is 5.10 Å². The molecule has 0 fully saturated rings. The van der Waals surface area contributed by atoms with Crippen molar-refractivity contribution in [3.8, 4) is 22.5 Å². The molecule has 0 amide bonds. The third-order valence-electron chi connectivity index (χ3n) is 5.87. The SMILES string of the molecule is Cc1c(C)c(C)c2c(c1C)Cc1c(-c3ccc(C=O)cc3)nn(C)c1-2. The van der Waals surface area contributed by atoms with E-state index < -0.39 is 0 Å². The molecule has 0 atom stereocenters. The zero-order valence-electron chi connectivity index (χ0n) is 15.4. The van der Waals surface area contributed by atoms with E-state index in [1.165, 1.54) is 44.6 Å². The van der Waals surface area contributed by atoms with Crippen molar-refractivity contribution in [1.29, 1.82) is 0 Å². The summed E-state index contributed by atoms with van der Waals surface area (Å²) in [5.74, 6) is 0. The van der Waals surface area contributed by atoms with Crippen LogP contribution in [-0.4, -0.2) is 16.1 Å². The molecular weight excluding hydrogens is 308 g/mol. The first kappa shape index (κ1) is 15.8. The van der Waals surface area contributed by atoms with Crippen LogP contribution in [0.25, 0.3) is 22.5 Å². The molecule has 1 aliphatic rings. The summed E-state index contributed by atoms with van der Waals surface area (Å²) in [4.78, 5) is 10.9. The molecule has 0 aliphatic heterocycles. The zero-order valence-corrected chi connectivity index (χ0v) is 15.4. The summed E-state index contributed by atoms with van der Waals surface area (Å²) in [6.07, 6.45) is 1.80. The second kappa shape index (κ2) is 5.41. The standard InChI is InChI=1S/C22H22N2O/c1-12-13(2)15(4)20-18(14(12)3)10-19-21(23-24(5)22(19)20)17-8-6-16(11-25)7-9-17/h6-9,11H,10H2,1-5H3. The van der Waals surface area contributed by atoms with Crippen molar-refractivity contribution in [2.24, 2.45) is 7.05 Å². The zero-order chi connectivity index (χ0) is 17.9. The predicted molar refractivity (Wildman–Crippen MR) is 101 cm³/mol. The third kappa shape index (κ3) is 2.12. The second-order valence-electron chi connectivity index (χ2n) is 7.07. The van der Waals surface area contributed by atoms with Crippen molar-refractivity contribution in [2.75, 3.05) is 0 Å². The van der Waals surface area contributed by atoms with Crippen LogP contribution in [0.3, 0.4) is 0 Å². The fourth-order valence-corrected chi connectivity index (χ4v) is 4.11. The van der Waals surface area contributed by atoms with E-state index in [1.54, 1.807) is 0 Å². The second-order valence-corrected chi connectivity index (χ2v) is 7.07. The van der Waals surface area contributed by atoms with Gasteiger partial charge in [-0.3, -0.25) is 9.48 Å². The quantitative estimate of drug-likeness (QED) is 0.499. The van der Waals surface area contributed by atoms with E-state index in [9.17, 15) is 4.79 Å². The Morgan fingerprint density at radius 3 is 2.20 bits per heavy atom. The lowest BCUT2D eigenvalue weighted by Crippen LogP contribution is -2.02. The Morgan fingerprint density at radius 2 is 1.56 bits per heavy atom. The monoisotopic (exact) mass is 330 g/mol. The average molecular weight is 330 g/mol. The van der Waals surface area contributed by atoms with Crippen LogP contribution in [0.4, 0.5) is 0 Å². The van der Waals surface area contributed by atoms with Crippen molar-refractivity contribution in [3.05, 3.63) is 63.2 Å². The highest BCUT2D eigenvalue weighted by Crippen LogP contribution is 2.46. The fraction of sp³-hybridized carbons (Fsp3) is 0.273. The summed E-state index contributed by atoms with van der Waals surface area (Å²) in [6, 6.07) is 7.70. The Morgan fingerprint density at radius 1 is 0.920 bits per heavy atom. The number of carbonyl (C=O) groups is 1. The largest absolute Gasteiger partial charge is 0.298 e. The van der Waals surface area contributed by atoms with Gasteiger partial charge in [-0.1, -0.05) is 24.3 Å².